The molecular weight excluding hydrogens is 439 g/mol. The van der Waals surface area contributed by atoms with Gasteiger partial charge in [0.05, 0.1) is 11.6 Å². The van der Waals surface area contributed by atoms with Crippen molar-refractivity contribution < 1.29 is 19.1 Å². The molecule has 1 N–H and O–H groups in total. The third-order valence-corrected chi connectivity index (χ3v) is 5.17. The summed E-state index contributed by atoms with van der Waals surface area (Å²) < 4.78 is 14.3. The molecule has 0 aliphatic carbocycles. The van der Waals surface area contributed by atoms with Gasteiger partial charge in [-0.25, -0.2) is 9.37 Å². The maximum atomic E-state index is 13.5. The first-order valence-electron chi connectivity index (χ1n) is 8.71. The summed E-state index contributed by atoms with van der Waals surface area (Å²) in [6.07, 6.45) is 1.51. The Bertz CT molecular complexity index is 1110. The molecule has 144 valence electrons. The number of carbonyl (C=O) groups excluding carboxylic acids is 2. The van der Waals surface area contributed by atoms with E-state index in [4.69, 9.17) is 0 Å². The van der Waals surface area contributed by atoms with Crippen LogP contribution in [0.5, 0.6) is 0 Å². The maximum absolute atomic E-state index is 13.5. The molecule has 1 saturated heterocycles. The number of rotatable bonds is 3. The molecular formula is C22H14BrFN2O3. The van der Waals surface area contributed by atoms with Crippen LogP contribution in [0.1, 0.15) is 17.2 Å². The first-order chi connectivity index (χ1) is 14.0. The van der Waals surface area contributed by atoms with Gasteiger partial charge in [0.25, 0.3) is 5.78 Å². The minimum absolute atomic E-state index is 0.0745. The topological polar surface area (TPSA) is 70.5 Å². The molecule has 1 fully saturated rings. The minimum Gasteiger partial charge on any atom is -0.507 e. The quantitative estimate of drug-likeness (QED) is 0.357. The smallest absolute Gasteiger partial charge is 0.301 e. The van der Waals surface area contributed by atoms with E-state index in [0.29, 0.717) is 11.1 Å². The van der Waals surface area contributed by atoms with Crippen LogP contribution >= 0.6 is 15.9 Å². The summed E-state index contributed by atoms with van der Waals surface area (Å²) in [5, 5.41) is 10.9. The van der Waals surface area contributed by atoms with Crippen molar-refractivity contribution in [1.82, 2.24) is 4.98 Å². The molecule has 4 rings (SSSR count). The Morgan fingerprint density at radius 2 is 1.69 bits per heavy atom. The highest BCUT2D eigenvalue weighted by Crippen LogP contribution is 2.41. The van der Waals surface area contributed by atoms with Gasteiger partial charge < -0.3 is 5.11 Å². The molecule has 0 radical (unpaired) electrons. The van der Waals surface area contributed by atoms with Gasteiger partial charge in [-0.2, -0.15) is 0 Å². The van der Waals surface area contributed by atoms with E-state index in [1.807, 2.05) is 0 Å². The number of pyridine rings is 1. The summed E-state index contributed by atoms with van der Waals surface area (Å²) in [5.41, 5.74) is 0.795. The van der Waals surface area contributed by atoms with E-state index in [-0.39, 0.29) is 17.2 Å². The van der Waals surface area contributed by atoms with Crippen LogP contribution in [-0.2, 0) is 9.59 Å². The van der Waals surface area contributed by atoms with Gasteiger partial charge in [-0.15, -0.1) is 0 Å². The monoisotopic (exact) mass is 452 g/mol. The van der Waals surface area contributed by atoms with Crippen LogP contribution < -0.4 is 4.90 Å². The highest BCUT2D eigenvalue weighted by atomic mass is 79.9. The first kappa shape index (κ1) is 19.0. The van der Waals surface area contributed by atoms with Crippen molar-refractivity contribution in [3.05, 3.63) is 99.9 Å². The molecule has 5 nitrogen and oxygen atoms in total. The molecule has 1 aliphatic heterocycles. The van der Waals surface area contributed by atoms with E-state index in [0.717, 1.165) is 4.47 Å². The molecule has 1 aromatic heterocycles. The molecule has 1 atom stereocenters. The third-order valence-electron chi connectivity index (χ3n) is 4.64. The van der Waals surface area contributed by atoms with Gasteiger partial charge in [0.2, 0.25) is 0 Å². The van der Waals surface area contributed by atoms with Crippen LogP contribution in [0.4, 0.5) is 10.2 Å². The van der Waals surface area contributed by atoms with Gasteiger partial charge in [-0.3, -0.25) is 14.5 Å². The number of halogens is 2. The highest BCUT2D eigenvalue weighted by Gasteiger charge is 2.47. The molecule has 3 aromatic rings. The number of benzene rings is 2. The van der Waals surface area contributed by atoms with E-state index in [9.17, 15) is 19.1 Å². The van der Waals surface area contributed by atoms with Crippen molar-refractivity contribution in [2.75, 3.05) is 4.90 Å². The van der Waals surface area contributed by atoms with E-state index < -0.39 is 23.5 Å². The molecule has 1 aliphatic rings. The molecule has 0 bridgehead atoms. The van der Waals surface area contributed by atoms with E-state index >= 15 is 0 Å². The molecule has 2 aromatic carbocycles. The molecule has 1 unspecified atom stereocenters. The second kappa shape index (κ2) is 7.60. The van der Waals surface area contributed by atoms with Gasteiger partial charge in [-0.05, 0) is 42.0 Å². The molecule has 0 saturated carbocycles. The van der Waals surface area contributed by atoms with Crippen molar-refractivity contribution >= 4 is 39.2 Å². The number of aliphatic hydroxyl groups excluding tert-OH is 1. The van der Waals surface area contributed by atoms with Gasteiger partial charge in [0, 0.05) is 16.2 Å². The lowest BCUT2D eigenvalue weighted by atomic mass is 9.95. The van der Waals surface area contributed by atoms with Crippen LogP contribution in [0, 0.1) is 5.82 Å². The van der Waals surface area contributed by atoms with Gasteiger partial charge in [0.1, 0.15) is 17.4 Å². The predicted octanol–water partition coefficient (Wildman–Crippen LogP) is 4.61. The Hall–Kier alpha value is -3.32. The van der Waals surface area contributed by atoms with Crippen molar-refractivity contribution in [3.63, 3.8) is 0 Å². The van der Waals surface area contributed by atoms with Crippen molar-refractivity contribution in [2.45, 2.75) is 6.04 Å². The predicted molar refractivity (Wildman–Crippen MR) is 110 cm³/mol. The van der Waals surface area contributed by atoms with Gasteiger partial charge in [0.15, 0.2) is 0 Å². The summed E-state index contributed by atoms with van der Waals surface area (Å²) in [5.74, 6) is -2.12. The Morgan fingerprint density at radius 3 is 2.31 bits per heavy atom. The third kappa shape index (κ3) is 3.45. The number of nitrogens with zero attached hydrogens (tertiary/aromatic N) is 2. The number of aromatic nitrogens is 1. The number of carbonyl (C=O) groups is 2. The summed E-state index contributed by atoms with van der Waals surface area (Å²) >= 11 is 3.32. The average molecular weight is 453 g/mol. The van der Waals surface area contributed by atoms with Crippen molar-refractivity contribution in [1.29, 1.82) is 0 Å². The van der Waals surface area contributed by atoms with Gasteiger partial charge >= 0.3 is 5.91 Å². The number of anilines is 1. The summed E-state index contributed by atoms with van der Waals surface area (Å²) in [6.45, 7) is 0. The summed E-state index contributed by atoms with van der Waals surface area (Å²) in [4.78, 5) is 31.2. The Balaban J connectivity index is 1.94. The fourth-order valence-corrected chi connectivity index (χ4v) is 3.55. The lowest BCUT2D eigenvalue weighted by Crippen LogP contribution is -2.30. The van der Waals surface area contributed by atoms with E-state index in [2.05, 4.69) is 20.9 Å². The number of amides is 1. The van der Waals surface area contributed by atoms with E-state index in [1.165, 1.54) is 35.4 Å². The Morgan fingerprint density at radius 1 is 1.00 bits per heavy atom. The molecule has 1 amide bonds. The molecule has 29 heavy (non-hydrogen) atoms. The largest absolute Gasteiger partial charge is 0.507 e. The normalized spacial score (nSPS) is 18.3. The lowest BCUT2D eigenvalue weighted by Gasteiger charge is -2.24. The SMILES string of the molecule is O=C1C(=O)N(c2ccccn2)C(c2ccc(F)cc2)C1=C(O)c1ccc(Br)cc1. The maximum Gasteiger partial charge on any atom is 0.301 e. The fourth-order valence-electron chi connectivity index (χ4n) is 3.29. The van der Waals surface area contributed by atoms with Crippen LogP contribution in [0.15, 0.2) is 83.0 Å². The number of hydrogen-bond acceptors (Lipinski definition) is 4. The standard InChI is InChI=1S/C22H14BrFN2O3/c23-15-8-4-14(5-9-15)20(27)18-19(13-6-10-16(24)11-7-13)26(22(29)21(18)28)17-3-1-2-12-25-17/h1-12,19,27H. The molecule has 2 heterocycles. The molecule has 0 spiro atoms. The van der Waals surface area contributed by atoms with Crippen LogP contribution in [0.25, 0.3) is 5.76 Å². The average Bonchev–Trinajstić information content (AvgIpc) is 3.00. The second-order valence-corrected chi connectivity index (χ2v) is 7.33. The minimum atomic E-state index is -0.936. The number of hydrogen-bond donors (Lipinski definition) is 1. The fraction of sp³-hybridized carbons (Fsp3) is 0.0455. The van der Waals surface area contributed by atoms with Crippen molar-refractivity contribution in [3.8, 4) is 0 Å². The number of Topliss-reactive ketones (excluding diaryl/α,β-unsaturated/α-hetero) is 1. The zero-order valence-electron chi connectivity index (χ0n) is 14.9. The lowest BCUT2D eigenvalue weighted by molar-refractivity contribution is -0.132. The van der Waals surface area contributed by atoms with Crippen LogP contribution in [0.2, 0.25) is 0 Å². The first-order valence-corrected chi connectivity index (χ1v) is 9.50. The Kier molecular flexibility index (Phi) is 4.98. The zero-order chi connectivity index (χ0) is 20.5. The number of aliphatic hydroxyl groups is 1. The number of ketones is 1. The van der Waals surface area contributed by atoms with E-state index in [1.54, 1.807) is 42.5 Å². The second-order valence-electron chi connectivity index (χ2n) is 6.42. The van der Waals surface area contributed by atoms with Crippen LogP contribution in [-0.4, -0.2) is 21.8 Å². The highest BCUT2D eigenvalue weighted by molar-refractivity contribution is 9.10. The van der Waals surface area contributed by atoms with Crippen LogP contribution in [0.3, 0.4) is 0 Å². The summed E-state index contributed by atoms with van der Waals surface area (Å²) in [6, 6.07) is 16.2. The summed E-state index contributed by atoms with van der Waals surface area (Å²) in [7, 11) is 0. The Labute approximate surface area is 174 Å². The van der Waals surface area contributed by atoms with Gasteiger partial charge in [-0.1, -0.05) is 46.3 Å². The van der Waals surface area contributed by atoms with Crippen molar-refractivity contribution in [2.24, 2.45) is 0 Å². The zero-order valence-corrected chi connectivity index (χ0v) is 16.5. The molecule has 7 heteroatoms.